The van der Waals surface area contributed by atoms with Crippen molar-refractivity contribution >= 4 is 35.0 Å². The number of halogens is 1. The van der Waals surface area contributed by atoms with Crippen LogP contribution in [0.4, 0.5) is 5.82 Å². The first-order chi connectivity index (χ1) is 15.5. The van der Waals surface area contributed by atoms with Gasteiger partial charge in [-0.15, -0.1) is 12.4 Å². The van der Waals surface area contributed by atoms with Gasteiger partial charge in [0, 0.05) is 50.3 Å². The molecule has 0 saturated carbocycles. The molecule has 0 atom stereocenters. The number of carbonyl (C=O) groups excluding carboxylic acids is 1. The Morgan fingerprint density at radius 2 is 1.55 bits per heavy atom. The van der Waals surface area contributed by atoms with Gasteiger partial charge < -0.3 is 14.4 Å². The molecule has 0 unspecified atom stereocenters. The van der Waals surface area contributed by atoms with E-state index < -0.39 is 0 Å². The molecule has 1 fully saturated rings. The maximum absolute atomic E-state index is 13.9. The Balaban J connectivity index is 0.00000259. The molecule has 2 aromatic heterocycles. The summed E-state index contributed by atoms with van der Waals surface area (Å²) in [5.74, 6) is 1.08. The molecule has 0 N–H and O–H groups in total. The van der Waals surface area contributed by atoms with E-state index in [0.717, 1.165) is 46.6 Å². The number of hydrogen-bond donors (Lipinski definition) is 0. The third-order valence-corrected chi connectivity index (χ3v) is 6.62. The second-order valence-electron chi connectivity index (χ2n) is 8.57. The summed E-state index contributed by atoms with van der Waals surface area (Å²) in [6.45, 7) is 7.18. The monoisotopic (exact) mass is 460 g/mol. The summed E-state index contributed by atoms with van der Waals surface area (Å²) in [6.07, 6.45) is 1.82. The van der Waals surface area contributed by atoms with E-state index >= 15 is 0 Å². The number of piperazine rings is 1. The van der Waals surface area contributed by atoms with Crippen molar-refractivity contribution in [2.24, 2.45) is 7.05 Å². The van der Waals surface area contributed by atoms with Crippen LogP contribution in [-0.4, -0.2) is 46.5 Å². The van der Waals surface area contributed by atoms with E-state index in [4.69, 9.17) is 0 Å². The van der Waals surface area contributed by atoms with Crippen LogP contribution in [0.5, 0.6) is 0 Å². The van der Waals surface area contributed by atoms with E-state index in [-0.39, 0.29) is 18.3 Å². The molecular formula is C27H29ClN4O. The molecule has 1 aliphatic rings. The number of hydrogen-bond acceptors (Lipinski definition) is 3. The zero-order valence-electron chi connectivity index (χ0n) is 19.3. The molecule has 1 saturated heterocycles. The molecule has 6 heteroatoms. The molecule has 1 amide bonds. The Labute approximate surface area is 201 Å². The Hall–Kier alpha value is -3.31. The molecule has 170 valence electrons. The maximum Gasteiger partial charge on any atom is 0.256 e. The molecule has 0 spiro atoms. The van der Waals surface area contributed by atoms with Gasteiger partial charge in [-0.3, -0.25) is 4.79 Å². The largest absolute Gasteiger partial charge is 0.353 e. The van der Waals surface area contributed by atoms with Crippen molar-refractivity contribution in [3.8, 4) is 11.3 Å². The molecule has 0 bridgehead atoms. The fraction of sp³-hybridized carbons (Fsp3) is 0.259. The Morgan fingerprint density at radius 1 is 0.879 bits per heavy atom. The summed E-state index contributed by atoms with van der Waals surface area (Å²) in [7, 11) is 2.06. The van der Waals surface area contributed by atoms with E-state index in [9.17, 15) is 4.79 Å². The van der Waals surface area contributed by atoms with Crippen LogP contribution >= 0.6 is 12.4 Å². The van der Waals surface area contributed by atoms with Gasteiger partial charge in [-0.25, -0.2) is 4.98 Å². The van der Waals surface area contributed by atoms with Crippen LogP contribution in [0.2, 0.25) is 0 Å². The zero-order valence-corrected chi connectivity index (χ0v) is 20.1. The van der Waals surface area contributed by atoms with Crippen molar-refractivity contribution in [2.75, 3.05) is 31.1 Å². The number of nitrogens with zero attached hydrogens (tertiary/aromatic N) is 4. The molecule has 5 rings (SSSR count). The summed E-state index contributed by atoms with van der Waals surface area (Å²) >= 11 is 0. The summed E-state index contributed by atoms with van der Waals surface area (Å²) in [4.78, 5) is 22.6. The van der Waals surface area contributed by atoms with Gasteiger partial charge in [0.15, 0.2) is 0 Å². The van der Waals surface area contributed by atoms with E-state index in [0.29, 0.717) is 13.1 Å². The standard InChI is InChI=1S/C27H28N4O.ClH/c1-19-17-22-23(18-20(19)2)29(3)26(21-9-5-4-6-10-21)25(22)27(32)31-15-13-30(14-16-31)24-11-7-8-12-28-24;/h4-12,17-18H,13-16H2,1-3H3;1H. The molecule has 2 aromatic carbocycles. The third kappa shape index (κ3) is 4.09. The van der Waals surface area contributed by atoms with Crippen LogP contribution in [0.3, 0.4) is 0 Å². The van der Waals surface area contributed by atoms with E-state index in [1.165, 1.54) is 11.1 Å². The second kappa shape index (κ2) is 9.28. The average Bonchev–Trinajstić information content (AvgIpc) is 3.11. The quantitative estimate of drug-likeness (QED) is 0.419. The number of aryl methyl sites for hydroxylation is 3. The fourth-order valence-electron chi connectivity index (χ4n) is 4.68. The lowest BCUT2D eigenvalue weighted by atomic mass is 10.0. The minimum atomic E-state index is 0. The molecule has 0 aliphatic carbocycles. The normalized spacial score (nSPS) is 13.8. The highest BCUT2D eigenvalue weighted by Gasteiger charge is 2.29. The molecule has 1 aliphatic heterocycles. The Kier molecular flexibility index (Phi) is 6.43. The maximum atomic E-state index is 13.9. The van der Waals surface area contributed by atoms with Gasteiger partial charge in [0.05, 0.1) is 11.3 Å². The van der Waals surface area contributed by atoms with Crippen LogP contribution in [0.25, 0.3) is 22.2 Å². The van der Waals surface area contributed by atoms with Gasteiger partial charge in [-0.05, 0) is 54.8 Å². The summed E-state index contributed by atoms with van der Waals surface area (Å²) in [6, 6.07) is 20.6. The Bertz CT molecular complexity index is 1280. The molecular weight excluding hydrogens is 432 g/mol. The highest BCUT2D eigenvalue weighted by atomic mass is 35.5. The van der Waals surface area contributed by atoms with Crippen molar-refractivity contribution in [1.82, 2.24) is 14.5 Å². The molecule has 0 radical (unpaired) electrons. The molecule has 4 aromatic rings. The highest BCUT2D eigenvalue weighted by Crippen LogP contribution is 2.35. The van der Waals surface area contributed by atoms with Crippen LogP contribution in [0.1, 0.15) is 21.5 Å². The third-order valence-electron chi connectivity index (χ3n) is 6.62. The molecule has 33 heavy (non-hydrogen) atoms. The summed E-state index contributed by atoms with van der Waals surface area (Å²) in [5.41, 5.74) is 6.41. The van der Waals surface area contributed by atoms with Gasteiger partial charge in [0.1, 0.15) is 5.82 Å². The predicted molar refractivity (Wildman–Crippen MR) is 137 cm³/mol. The van der Waals surface area contributed by atoms with Crippen LogP contribution in [0, 0.1) is 13.8 Å². The van der Waals surface area contributed by atoms with Gasteiger partial charge in [-0.1, -0.05) is 36.4 Å². The minimum absolute atomic E-state index is 0. The number of rotatable bonds is 3. The number of amides is 1. The lowest BCUT2D eigenvalue weighted by molar-refractivity contribution is 0.0749. The molecule has 3 heterocycles. The Morgan fingerprint density at radius 3 is 2.21 bits per heavy atom. The summed E-state index contributed by atoms with van der Waals surface area (Å²) < 4.78 is 2.18. The lowest BCUT2D eigenvalue weighted by Crippen LogP contribution is -2.49. The van der Waals surface area contributed by atoms with Gasteiger partial charge >= 0.3 is 0 Å². The second-order valence-corrected chi connectivity index (χ2v) is 8.57. The van der Waals surface area contributed by atoms with Gasteiger partial charge in [-0.2, -0.15) is 0 Å². The van der Waals surface area contributed by atoms with Crippen molar-refractivity contribution in [1.29, 1.82) is 0 Å². The first-order valence-corrected chi connectivity index (χ1v) is 11.1. The number of anilines is 1. The fourth-order valence-corrected chi connectivity index (χ4v) is 4.68. The minimum Gasteiger partial charge on any atom is -0.353 e. The van der Waals surface area contributed by atoms with Crippen LogP contribution in [-0.2, 0) is 7.05 Å². The van der Waals surface area contributed by atoms with E-state index in [1.54, 1.807) is 0 Å². The van der Waals surface area contributed by atoms with Crippen LogP contribution in [0.15, 0.2) is 66.9 Å². The van der Waals surface area contributed by atoms with Crippen molar-refractivity contribution in [3.63, 3.8) is 0 Å². The van der Waals surface area contributed by atoms with E-state index in [2.05, 4.69) is 59.6 Å². The lowest BCUT2D eigenvalue weighted by Gasteiger charge is -2.35. The van der Waals surface area contributed by atoms with Crippen molar-refractivity contribution in [3.05, 3.63) is 83.6 Å². The summed E-state index contributed by atoms with van der Waals surface area (Å²) in [5, 5.41) is 1.03. The number of pyridine rings is 1. The smallest absolute Gasteiger partial charge is 0.256 e. The van der Waals surface area contributed by atoms with Gasteiger partial charge in [0.25, 0.3) is 5.91 Å². The number of aromatic nitrogens is 2. The topological polar surface area (TPSA) is 41.4 Å². The number of carbonyl (C=O) groups is 1. The highest BCUT2D eigenvalue weighted by molar-refractivity contribution is 6.13. The SMILES string of the molecule is Cc1cc2c(C(=O)N3CCN(c4ccccn4)CC3)c(-c3ccccc3)n(C)c2cc1C.Cl. The first kappa shape index (κ1) is 22.9. The van der Waals surface area contributed by atoms with Crippen LogP contribution < -0.4 is 4.90 Å². The predicted octanol–water partition coefficient (Wildman–Crippen LogP) is 5.24. The zero-order chi connectivity index (χ0) is 22.2. The molecule has 5 nitrogen and oxygen atoms in total. The number of benzene rings is 2. The van der Waals surface area contributed by atoms with Gasteiger partial charge in [0.2, 0.25) is 0 Å². The van der Waals surface area contributed by atoms with Crippen molar-refractivity contribution < 1.29 is 4.79 Å². The average molecular weight is 461 g/mol. The number of fused-ring (bicyclic) bond motifs is 1. The van der Waals surface area contributed by atoms with E-state index in [1.807, 2.05) is 47.5 Å². The van der Waals surface area contributed by atoms with Crippen molar-refractivity contribution in [2.45, 2.75) is 13.8 Å². The first-order valence-electron chi connectivity index (χ1n) is 11.1.